The lowest BCUT2D eigenvalue weighted by Crippen LogP contribution is -2.44. The minimum atomic E-state index is -0.825. The third-order valence-corrected chi connectivity index (χ3v) is 5.01. The Labute approximate surface area is 162 Å². The molecule has 1 atom stereocenters. The van der Waals surface area contributed by atoms with Crippen molar-refractivity contribution in [3.05, 3.63) is 35.2 Å². The van der Waals surface area contributed by atoms with Gasteiger partial charge in [0.15, 0.2) is 0 Å². The molecule has 1 aromatic carbocycles. The number of nitrogens with zero attached hydrogens (tertiary/aromatic N) is 3. The van der Waals surface area contributed by atoms with E-state index < -0.39 is 5.97 Å². The molecule has 0 radical (unpaired) electrons. The molecule has 2 aromatic rings. The highest BCUT2D eigenvalue weighted by Crippen LogP contribution is 2.23. The molecule has 0 saturated carbocycles. The zero-order valence-corrected chi connectivity index (χ0v) is 15.7. The summed E-state index contributed by atoms with van der Waals surface area (Å²) < 4.78 is 5.25. The summed E-state index contributed by atoms with van der Waals surface area (Å²) in [5.41, 5.74) is 0.797. The summed E-state index contributed by atoms with van der Waals surface area (Å²) in [5, 5.41) is 13.5. The number of hydrogen-bond acceptors (Lipinski definition) is 5. The monoisotopic (exact) mass is 391 g/mol. The minimum Gasteiger partial charge on any atom is -0.481 e. The first-order chi connectivity index (χ1) is 13.0. The molecule has 27 heavy (non-hydrogen) atoms. The molecule has 1 N–H and O–H groups in total. The Bertz CT molecular complexity index is 791. The number of carboxylic acids is 1. The van der Waals surface area contributed by atoms with Crippen LogP contribution in [-0.4, -0.2) is 44.6 Å². The van der Waals surface area contributed by atoms with Crippen LogP contribution in [0.25, 0.3) is 11.4 Å². The maximum atomic E-state index is 12.6. The van der Waals surface area contributed by atoms with Gasteiger partial charge in [0.25, 0.3) is 0 Å². The second-order valence-corrected chi connectivity index (χ2v) is 7.12. The van der Waals surface area contributed by atoms with Crippen molar-refractivity contribution >= 4 is 23.5 Å². The van der Waals surface area contributed by atoms with Crippen LogP contribution < -0.4 is 0 Å². The maximum Gasteiger partial charge on any atom is 0.303 e. The Morgan fingerprint density at radius 3 is 2.74 bits per heavy atom. The van der Waals surface area contributed by atoms with E-state index in [1.807, 2.05) is 17.0 Å². The lowest BCUT2D eigenvalue weighted by atomic mass is 9.97. The fourth-order valence-corrected chi connectivity index (χ4v) is 3.48. The van der Waals surface area contributed by atoms with Crippen LogP contribution in [0.4, 0.5) is 0 Å². The van der Waals surface area contributed by atoms with Gasteiger partial charge < -0.3 is 14.5 Å². The van der Waals surface area contributed by atoms with E-state index in [9.17, 15) is 9.59 Å². The first-order valence-electron chi connectivity index (χ1n) is 9.12. The number of rotatable bonds is 7. The van der Waals surface area contributed by atoms with Crippen LogP contribution in [0, 0.1) is 0 Å². The summed E-state index contributed by atoms with van der Waals surface area (Å²) in [5.74, 6) is 0.0590. The second-order valence-electron chi connectivity index (χ2n) is 6.69. The van der Waals surface area contributed by atoms with Crippen molar-refractivity contribution in [1.29, 1.82) is 0 Å². The van der Waals surface area contributed by atoms with Gasteiger partial charge in [-0.3, -0.25) is 9.59 Å². The number of benzene rings is 1. The highest BCUT2D eigenvalue weighted by atomic mass is 35.5. The number of carboxylic acid groups (broad SMARTS) is 1. The van der Waals surface area contributed by atoms with Gasteiger partial charge in [0.2, 0.25) is 17.6 Å². The fourth-order valence-electron chi connectivity index (χ4n) is 3.35. The lowest BCUT2D eigenvalue weighted by molar-refractivity contribution is -0.140. The molecule has 0 bridgehead atoms. The van der Waals surface area contributed by atoms with Crippen molar-refractivity contribution in [2.45, 2.75) is 51.0 Å². The van der Waals surface area contributed by atoms with Crippen LogP contribution in [0.15, 0.2) is 28.8 Å². The van der Waals surface area contributed by atoms with Crippen LogP contribution in [0.1, 0.15) is 44.4 Å². The van der Waals surface area contributed by atoms with Crippen molar-refractivity contribution in [1.82, 2.24) is 15.0 Å². The molecular weight excluding hydrogens is 370 g/mol. The number of likely N-dealkylation sites (tertiary alicyclic amines) is 1. The van der Waals surface area contributed by atoms with Gasteiger partial charge in [0, 0.05) is 42.4 Å². The van der Waals surface area contributed by atoms with E-state index in [1.54, 1.807) is 12.1 Å². The molecule has 0 aliphatic carbocycles. The summed E-state index contributed by atoms with van der Waals surface area (Å²) in [4.78, 5) is 29.6. The van der Waals surface area contributed by atoms with Gasteiger partial charge in [0.1, 0.15) is 0 Å². The largest absolute Gasteiger partial charge is 0.481 e. The molecule has 8 heteroatoms. The van der Waals surface area contributed by atoms with Crippen LogP contribution >= 0.6 is 11.6 Å². The Balaban J connectivity index is 1.56. The van der Waals surface area contributed by atoms with Crippen LogP contribution in [-0.2, 0) is 16.0 Å². The molecule has 3 rings (SSSR count). The zero-order valence-electron chi connectivity index (χ0n) is 14.9. The molecule has 1 amide bonds. The molecule has 1 aliphatic heterocycles. The van der Waals surface area contributed by atoms with Crippen molar-refractivity contribution in [3.8, 4) is 11.4 Å². The quantitative estimate of drug-likeness (QED) is 0.774. The number of aliphatic carboxylic acids is 1. The molecule has 2 heterocycles. The minimum absolute atomic E-state index is 0.00895. The molecule has 144 valence electrons. The van der Waals surface area contributed by atoms with Crippen molar-refractivity contribution < 1.29 is 19.2 Å². The van der Waals surface area contributed by atoms with Gasteiger partial charge >= 0.3 is 5.97 Å². The number of piperidine rings is 1. The molecule has 7 nitrogen and oxygen atoms in total. The van der Waals surface area contributed by atoms with E-state index in [0.717, 1.165) is 24.8 Å². The highest BCUT2D eigenvalue weighted by Gasteiger charge is 2.27. The van der Waals surface area contributed by atoms with Gasteiger partial charge in [-0.1, -0.05) is 16.8 Å². The van der Waals surface area contributed by atoms with E-state index in [-0.39, 0.29) is 24.8 Å². The van der Waals surface area contributed by atoms with Crippen LogP contribution in [0.5, 0.6) is 0 Å². The first kappa shape index (κ1) is 19.4. The predicted molar refractivity (Wildman–Crippen MR) is 99.3 cm³/mol. The molecule has 1 unspecified atom stereocenters. The second kappa shape index (κ2) is 8.99. The van der Waals surface area contributed by atoms with E-state index in [2.05, 4.69) is 10.1 Å². The van der Waals surface area contributed by atoms with Crippen molar-refractivity contribution in [2.75, 3.05) is 6.54 Å². The molecule has 1 aromatic heterocycles. The fraction of sp³-hybridized carbons (Fsp3) is 0.474. The predicted octanol–water partition coefficient (Wildman–Crippen LogP) is 3.57. The third-order valence-electron chi connectivity index (χ3n) is 4.76. The van der Waals surface area contributed by atoms with Crippen LogP contribution in [0.3, 0.4) is 0 Å². The Kier molecular flexibility index (Phi) is 6.45. The van der Waals surface area contributed by atoms with Gasteiger partial charge in [0.05, 0.1) is 0 Å². The molecule has 1 saturated heterocycles. The van der Waals surface area contributed by atoms with Gasteiger partial charge in [-0.25, -0.2) is 0 Å². The van der Waals surface area contributed by atoms with Crippen molar-refractivity contribution in [2.24, 2.45) is 0 Å². The summed E-state index contributed by atoms with van der Waals surface area (Å²) in [6, 6.07) is 7.13. The smallest absolute Gasteiger partial charge is 0.303 e. The Hall–Kier alpha value is -2.41. The van der Waals surface area contributed by atoms with Crippen molar-refractivity contribution in [3.63, 3.8) is 0 Å². The maximum absolute atomic E-state index is 12.6. The number of amides is 1. The van der Waals surface area contributed by atoms with Crippen LogP contribution in [0.2, 0.25) is 5.02 Å². The average Bonchev–Trinajstić information content (AvgIpc) is 3.14. The Morgan fingerprint density at radius 2 is 2.00 bits per heavy atom. The number of hydrogen-bond donors (Lipinski definition) is 1. The molecule has 0 spiro atoms. The first-order valence-corrected chi connectivity index (χ1v) is 9.50. The van der Waals surface area contributed by atoms with E-state index in [0.29, 0.717) is 36.1 Å². The number of halogens is 1. The third kappa shape index (κ3) is 5.29. The van der Waals surface area contributed by atoms with E-state index in [1.165, 1.54) is 0 Å². The Morgan fingerprint density at radius 1 is 1.22 bits per heavy atom. The number of aromatic nitrogens is 2. The number of carbonyl (C=O) groups is 2. The number of carbonyl (C=O) groups excluding carboxylic acids is 1. The topological polar surface area (TPSA) is 96.5 Å². The number of aryl methyl sites for hydroxylation is 1. The summed E-state index contributed by atoms with van der Waals surface area (Å²) in [6.45, 7) is 0.684. The molecule has 1 fully saturated rings. The zero-order chi connectivity index (χ0) is 19.2. The molecular formula is C19H22ClN3O4. The summed E-state index contributed by atoms with van der Waals surface area (Å²) in [7, 11) is 0. The van der Waals surface area contributed by atoms with E-state index in [4.69, 9.17) is 21.2 Å². The van der Waals surface area contributed by atoms with E-state index >= 15 is 0 Å². The summed E-state index contributed by atoms with van der Waals surface area (Å²) >= 11 is 5.88. The highest BCUT2D eigenvalue weighted by molar-refractivity contribution is 6.30. The standard InChI is InChI=1S/C19H22ClN3O4/c20-14-6-4-13(5-7-14)19-21-16(27-22-19)9-10-17(24)23-12-2-1-3-15(23)8-11-18(25)26/h4-7,15H,1-3,8-12H2,(H,25,26). The average molecular weight is 392 g/mol. The van der Waals surface area contributed by atoms with Gasteiger partial charge in [-0.05, 0) is 49.9 Å². The van der Waals surface area contributed by atoms with Gasteiger partial charge in [-0.2, -0.15) is 4.98 Å². The SMILES string of the molecule is O=C(O)CCC1CCCCN1C(=O)CCc1nc(-c2ccc(Cl)cc2)no1. The lowest BCUT2D eigenvalue weighted by Gasteiger charge is -2.35. The molecule has 1 aliphatic rings. The normalized spacial score (nSPS) is 17.1. The summed E-state index contributed by atoms with van der Waals surface area (Å²) in [6.07, 6.45) is 4.07. The van der Waals surface area contributed by atoms with Gasteiger partial charge in [-0.15, -0.1) is 0 Å².